The van der Waals surface area contributed by atoms with E-state index in [1.54, 1.807) is 24.2 Å². The largest absolute Gasteiger partial charge is 0.392 e. The Labute approximate surface area is 125 Å². The van der Waals surface area contributed by atoms with Gasteiger partial charge in [0.05, 0.1) is 6.10 Å². The van der Waals surface area contributed by atoms with Crippen LogP contribution in [-0.4, -0.2) is 52.8 Å². The van der Waals surface area contributed by atoms with Crippen molar-refractivity contribution >= 4 is 21.8 Å². The van der Waals surface area contributed by atoms with Gasteiger partial charge in [0.1, 0.15) is 6.54 Å². The van der Waals surface area contributed by atoms with E-state index >= 15 is 0 Å². The van der Waals surface area contributed by atoms with Crippen molar-refractivity contribution in [3.05, 3.63) is 33.2 Å². The zero-order chi connectivity index (χ0) is 14.7. The summed E-state index contributed by atoms with van der Waals surface area (Å²) in [6.07, 6.45) is 1.91. The van der Waals surface area contributed by atoms with Crippen LogP contribution in [0.1, 0.15) is 6.42 Å². The van der Waals surface area contributed by atoms with E-state index in [1.807, 2.05) is 0 Å². The first-order valence-electron chi connectivity index (χ1n) is 6.47. The minimum atomic E-state index is -0.337. The molecule has 0 saturated carbocycles. The number of rotatable bonds is 4. The quantitative estimate of drug-likeness (QED) is 0.793. The first kappa shape index (κ1) is 15.2. The van der Waals surface area contributed by atoms with Crippen molar-refractivity contribution in [3.63, 3.8) is 0 Å². The molecule has 0 unspecified atom stereocenters. The van der Waals surface area contributed by atoms with Gasteiger partial charge in [-0.25, -0.2) is 0 Å². The van der Waals surface area contributed by atoms with E-state index in [2.05, 4.69) is 21.2 Å². The molecule has 1 aliphatic heterocycles. The minimum Gasteiger partial charge on any atom is -0.392 e. The van der Waals surface area contributed by atoms with Gasteiger partial charge in [0.25, 0.3) is 5.56 Å². The number of aliphatic hydroxyl groups is 1. The molecule has 0 spiro atoms. The molecule has 1 aliphatic rings. The highest BCUT2D eigenvalue weighted by atomic mass is 79.9. The van der Waals surface area contributed by atoms with Crippen LogP contribution in [0.5, 0.6) is 0 Å². The predicted octanol–water partition coefficient (Wildman–Crippen LogP) is -0.208. The van der Waals surface area contributed by atoms with Crippen LogP contribution < -0.4 is 10.9 Å². The number of nitrogens with one attached hydrogen (secondary N) is 1. The van der Waals surface area contributed by atoms with Crippen LogP contribution in [-0.2, 0) is 11.3 Å². The average Bonchev–Trinajstić information content (AvgIpc) is 2.79. The summed E-state index contributed by atoms with van der Waals surface area (Å²) in [6.45, 7) is 1.11. The Morgan fingerprint density at radius 2 is 2.35 bits per heavy atom. The Morgan fingerprint density at radius 1 is 1.60 bits per heavy atom. The number of β-amino-alcohol motifs (C(OH)–C–C–N with tert-alkyl or cyclic N) is 1. The number of aliphatic hydroxyl groups excluding tert-OH is 1. The van der Waals surface area contributed by atoms with E-state index in [4.69, 9.17) is 0 Å². The van der Waals surface area contributed by atoms with Crippen LogP contribution in [0, 0.1) is 0 Å². The summed E-state index contributed by atoms with van der Waals surface area (Å²) in [5.41, 5.74) is -0.204. The Kier molecular flexibility index (Phi) is 4.95. The van der Waals surface area contributed by atoms with Gasteiger partial charge in [-0.05, 0) is 28.4 Å². The second-order valence-electron chi connectivity index (χ2n) is 5.08. The van der Waals surface area contributed by atoms with Gasteiger partial charge in [0, 0.05) is 42.9 Å². The molecule has 0 bridgehead atoms. The van der Waals surface area contributed by atoms with Gasteiger partial charge in [-0.15, -0.1) is 0 Å². The summed E-state index contributed by atoms with van der Waals surface area (Å²) in [5, 5.41) is 12.6. The molecule has 2 heterocycles. The average molecular weight is 344 g/mol. The fourth-order valence-electron chi connectivity index (χ4n) is 2.26. The highest BCUT2D eigenvalue weighted by molar-refractivity contribution is 9.10. The molecule has 1 aromatic heterocycles. The first-order valence-corrected chi connectivity index (χ1v) is 7.26. The first-order chi connectivity index (χ1) is 9.45. The Hall–Kier alpha value is -1.18. The highest BCUT2D eigenvalue weighted by Crippen LogP contribution is 2.08. The molecular formula is C13H18BrN3O3. The van der Waals surface area contributed by atoms with E-state index in [1.165, 1.54) is 10.6 Å². The van der Waals surface area contributed by atoms with Gasteiger partial charge in [-0.2, -0.15) is 0 Å². The zero-order valence-electron chi connectivity index (χ0n) is 11.3. The van der Waals surface area contributed by atoms with Crippen LogP contribution in [0.3, 0.4) is 0 Å². The van der Waals surface area contributed by atoms with Crippen molar-refractivity contribution in [1.82, 2.24) is 14.8 Å². The van der Waals surface area contributed by atoms with Crippen LogP contribution in [0.2, 0.25) is 0 Å². The molecule has 0 radical (unpaired) electrons. The number of carbonyl (C=O) groups excluding carboxylic acids is 1. The second kappa shape index (κ2) is 6.51. The normalized spacial score (nSPS) is 21.9. The minimum absolute atomic E-state index is 0.0179. The maximum atomic E-state index is 12.1. The van der Waals surface area contributed by atoms with E-state index in [0.29, 0.717) is 19.5 Å². The number of hydrogen-bond donors (Lipinski definition) is 2. The van der Waals surface area contributed by atoms with Crippen molar-refractivity contribution < 1.29 is 9.90 Å². The Balaban J connectivity index is 1.94. The zero-order valence-corrected chi connectivity index (χ0v) is 12.8. The van der Waals surface area contributed by atoms with Gasteiger partial charge in [0.2, 0.25) is 5.91 Å². The molecule has 1 amide bonds. The second-order valence-corrected chi connectivity index (χ2v) is 6.00. The van der Waals surface area contributed by atoms with Gasteiger partial charge in [-0.3, -0.25) is 9.59 Å². The third-order valence-corrected chi connectivity index (χ3v) is 3.84. The molecule has 0 aromatic carbocycles. The summed E-state index contributed by atoms with van der Waals surface area (Å²) >= 11 is 3.28. The van der Waals surface area contributed by atoms with Crippen molar-refractivity contribution in [2.24, 2.45) is 0 Å². The summed E-state index contributed by atoms with van der Waals surface area (Å²) in [4.78, 5) is 25.3. The number of hydrogen-bond acceptors (Lipinski definition) is 4. The molecule has 2 rings (SSSR count). The fourth-order valence-corrected chi connectivity index (χ4v) is 2.64. The van der Waals surface area contributed by atoms with Crippen molar-refractivity contribution in [1.29, 1.82) is 0 Å². The van der Waals surface area contributed by atoms with Crippen molar-refractivity contribution in [2.45, 2.75) is 25.1 Å². The predicted molar refractivity (Wildman–Crippen MR) is 78.5 cm³/mol. The van der Waals surface area contributed by atoms with Gasteiger partial charge < -0.3 is 19.9 Å². The highest BCUT2D eigenvalue weighted by Gasteiger charge is 2.24. The van der Waals surface area contributed by atoms with Gasteiger partial charge in [-0.1, -0.05) is 0 Å². The molecule has 110 valence electrons. The maximum Gasteiger partial charge on any atom is 0.251 e. The van der Waals surface area contributed by atoms with Gasteiger partial charge >= 0.3 is 0 Å². The molecule has 7 heteroatoms. The number of nitrogens with zero attached hydrogens (tertiary/aromatic N) is 2. The monoisotopic (exact) mass is 343 g/mol. The number of carbonyl (C=O) groups is 1. The van der Waals surface area contributed by atoms with E-state index in [9.17, 15) is 14.7 Å². The molecule has 1 fully saturated rings. The van der Waals surface area contributed by atoms with E-state index in [-0.39, 0.29) is 30.2 Å². The maximum absolute atomic E-state index is 12.1. The summed E-state index contributed by atoms with van der Waals surface area (Å²) in [7, 11) is 1.71. The lowest BCUT2D eigenvalue weighted by Gasteiger charge is -2.21. The van der Waals surface area contributed by atoms with Crippen LogP contribution in [0.4, 0.5) is 0 Å². The Morgan fingerprint density at radius 3 is 3.00 bits per heavy atom. The fraction of sp³-hybridized carbons (Fsp3) is 0.538. The third kappa shape index (κ3) is 3.91. The standard InChI is InChI=1S/C13H18BrN3O3/c1-16(7-10-4-11(18)5-15-10)13(20)8-17-6-9(14)2-3-12(17)19/h2-3,6,10-11,15,18H,4-5,7-8H2,1H3/t10-,11+/m0/s1. The lowest BCUT2D eigenvalue weighted by Crippen LogP contribution is -2.41. The van der Waals surface area contributed by atoms with E-state index in [0.717, 1.165) is 4.47 Å². The van der Waals surface area contributed by atoms with Gasteiger partial charge in [0.15, 0.2) is 0 Å². The summed E-state index contributed by atoms with van der Waals surface area (Å²) in [6, 6.07) is 3.18. The lowest BCUT2D eigenvalue weighted by molar-refractivity contribution is -0.130. The SMILES string of the molecule is CN(C[C@@H]1C[C@@H](O)CN1)C(=O)Cn1cc(Br)ccc1=O. The smallest absolute Gasteiger partial charge is 0.251 e. The van der Waals surface area contributed by atoms with Crippen LogP contribution in [0.25, 0.3) is 0 Å². The third-order valence-electron chi connectivity index (χ3n) is 3.37. The number of pyridine rings is 1. The van der Waals surface area contributed by atoms with Crippen LogP contribution in [0.15, 0.2) is 27.6 Å². The van der Waals surface area contributed by atoms with Crippen molar-refractivity contribution in [2.75, 3.05) is 20.1 Å². The lowest BCUT2D eigenvalue weighted by atomic mass is 10.2. The van der Waals surface area contributed by atoms with Crippen molar-refractivity contribution in [3.8, 4) is 0 Å². The molecule has 0 aliphatic carbocycles. The summed E-state index contributed by atoms with van der Waals surface area (Å²) in [5.74, 6) is -0.131. The molecule has 2 N–H and O–H groups in total. The summed E-state index contributed by atoms with van der Waals surface area (Å²) < 4.78 is 2.13. The molecule has 1 aromatic rings. The van der Waals surface area contributed by atoms with Crippen LogP contribution >= 0.6 is 15.9 Å². The van der Waals surface area contributed by atoms with E-state index < -0.39 is 0 Å². The molecular weight excluding hydrogens is 326 g/mol. The number of aromatic nitrogens is 1. The molecule has 20 heavy (non-hydrogen) atoms. The molecule has 6 nitrogen and oxygen atoms in total. The Bertz CT molecular complexity index is 546. The molecule has 1 saturated heterocycles. The number of halogens is 1. The topological polar surface area (TPSA) is 74.6 Å². The molecule has 2 atom stereocenters. The number of amides is 1. The number of likely N-dealkylation sites (N-methyl/N-ethyl adjacent to an activating group) is 1.